The van der Waals surface area contributed by atoms with Gasteiger partial charge >= 0.3 is 0 Å². The molecule has 1 aromatic carbocycles. The molecule has 1 aliphatic rings. The number of nitrogens with zero attached hydrogens (tertiary/aromatic N) is 2. The lowest BCUT2D eigenvalue weighted by molar-refractivity contribution is 0.691. The normalized spacial score (nSPS) is 15.6. The highest BCUT2D eigenvalue weighted by Crippen LogP contribution is 2.39. The molecule has 1 saturated carbocycles. The van der Waals surface area contributed by atoms with Crippen molar-refractivity contribution in [2.75, 3.05) is 5.73 Å². The first-order valence-corrected chi connectivity index (χ1v) is 8.39. The summed E-state index contributed by atoms with van der Waals surface area (Å²) < 4.78 is 0.811. The fourth-order valence-corrected chi connectivity index (χ4v) is 3.79. The van der Waals surface area contributed by atoms with E-state index in [9.17, 15) is 0 Å². The number of halogens is 3. The molecule has 0 bridgehead atoms. The van der Waals surface area contributed by atoms with Crippen molar-refractivity contribution in [1.82, 2.24) is 9.97 Å². The Kier molecular flexibility index (Phi) is 4.38. The van der Waals surface area contributed by atoms with Crippen LogP contribution >= 0.6 is 39.1 Å². The number of nitrogen functional groups attached to an aromatic ring is 1. The molecular weight excluding hydrogens is 373 g/mol. The maximum Gasteiger partial charge on any atom is 0.161 e. The van der Waals surface area contributed by atoms with Crippen LogP contribution in [0.1, 0.15) is 37.3 Å². The van der Waals surface area contributed by atoms with Gasteiger partial charge in [-0.05, 0) is 47.0 Å². The van der Waals surface area contributed by atoms with Crippen molar-refractivity contribution in [1.29, 1.82) is 0 Å². The monoisotopic (exact) mass is 385 g/mol. The van der Waals surface area contributed by atoms with Gasteiger partial charge in [0.15, 0.2) is 5.82 Å². The van der Waals surface area contributed by atoms with Crippen LogP contribution in [-0.4, -0.2) is 9.97 Å². The first-order chi connectivity index (χ1) is 10.0. The van der Waals surface area contributed by atoms with Crippen molar-refractivity contribution in [3.8, 4) is 11.4 Å². The van der Waals surface area contributed by atoms with Crippen LogP contribution in [0.4, 0.5) is 5.82 Å². The summed E-state index contributed by atoms with van der Waals surface area (Å²) in [5, 5.41) is 1.12. The fourth-order valence-electron chi connectivity index (χ4n) is 2.76. The van der Waals surface area contributed by atoms with Crippen molar-refractivity contribution in [3.63, 3.8) is 0 Å². The van der Waals surface area contributed by atoms with E-state index in [1.54, 1.807) is 18.2 Å². The van der Waals surface area contributed by atoms with E-state index in [4.69, 9.17) is 33.9 Å². The summed E-state index contributed by atoms with van der Waals surface area (Å²) in [6.45, 7) is 0. The minimum Gasteiger partial charge on any atom is -0.383 e. The van der Waals surface area contributed by atoms with Crippen molar-refractivity contribution in [2.24, 2.45) is 0 Å². The van der Waals surface area contributed by atoms with Gasteiger partial charge in [0, 0.05) is 21.5 Å². The van der Waals surface area contributed by atoms with Crippen LogP contribution in [0, 0.1) is 0 Å². The Morgan fingerprint density at radius 1 is 1.05 bits per heavy atom. The molecule has 3 nitrogen and oxygen atoms in total. The second kappa shape index (κ2) is 6.11. The van der Waals surface area contributed by atoms with Crippen LogP contribution in [0.2, 0.25) is 10.0 Å². The Hall–Kier alpha value is -0.840. The van der Waals surface area contributed by atoms with Gasteiger partial charge in [-0.3, -0.25) is 0 Å². The van der Waals surface area contributed by atoms with Gasteiger partial charge in [0.2, 0.25) is 0 Å². The molecule has 0 atom stereocenters. The third-order valence-electron chi connectivity index (χ3n) is 3.77. The average molecular weight is 387 g/mol. The molecule has 110 valence electrons. The number of nitrogens with two attached hydrogens (primary N) is 1. The third-order valence-corrected chi connectivity index (χ3v) is 5.01. The number of hydrogen-bond acceptors (Lipinski definition) is 3. The number of hydrogen-bond donors (Lipinski definition) is 1. The molecule has 1 aromatic heterocycles. The SMILES string of the molecule is Nc1nc(-c2cc(Cl)cc(Cl)c2)nc(C2CCCC2)c1Br. The van der Waals surface area contributed by atoms with Gasteiger partial charge in [-0.25, -0.2) is 9.97 Å². The van der Waals surface area contributed by atoms with Gasteiger partial charge in [0.1, 0.15) is 5.82 Å². The smallest absolute Gasteiger partial charge is 0.161 e. The first kappa shape index (κ1) is 15.1. The Morgan fingerprint density at radius 3 is 2.29 bits per heavy atom. The molecule has 0 saturated heterocycles. The van der Waals surface area contributed by atoms with Crippen LogP contribution in [0.15, 0.2) is 22.7 Å². The predicted molar refractivity (Wildman–Crippen MR) is 90.8 cm³/mol. The molecule has 0 radical (unpaired) electrons. The Morgan fingerprint density at radius 2 is 1.67 bits per heavy atom. The maximum atomic E-state index is 6.06. The molecule has 1 fully saturated rings. The lowest BCUT2D eigenvalue weighted by atomic mass is 10.0. The zero-order chi connectivity index (χ0) is 15.0. The quantitative estimate of drug-likeness (QED) is 0.746. The van der Waals surface area contributed by atoms with E-state index in [-0.39, 0.29) is 0 Å². The second-order valence-corrected chi connectivity index (χ2v) is 6.94. The van der Waals surface area contributed by atoms with E-state index in [1.807, 2.05) is 0 Å². The zero-order valence-corrected chi connectivity index (χ0v) is 14.3. The highest BCUT2D eigenvalue weighted by molar-refractivity contribution is 9.10. The zero-order valence-electron chi connectivity index (χ0n) is 11.2. The highest BCUT2D eigenvalue weighted by atomic mass is 79.9. The van der Waals surface area contributed by atoms with Gasteiger partial charge in [-0.2, -0.15) is 0 Å². The van der Waals surface area contributed by atoms with E-state index < -0.39 is 0 Å². The van der Waals surface area contributed by atoms with Crippen molar-refractivity contribution < 1.29 is 0 Å². The molecule has 1 heterocycles. The van der Waals surface area contributed by atoms with Crippen LogP contribution in [-0.2, 0) is 0 Å². The van der Waals surface area contributed by atoms with E-state index >= 15 is 0 Å². The summed E-state index contributed by atoms with van der Waals surface area (Å²) in [6.07, 6.45) is 4.76. The van der Waals surface area contributed by atoms with E-state index in [0.29, 0.717) is 27.6 Å². The standard InChI is InChI=1S/C15H14BrCl2N3/c16-12-13(8-3-1-2-4-8)20-15(21-14(12)19)9-5-10(17)7-11(18)6-9/h5-8H,1-4H2,(H2,19,20,21). The van der Waals surface area contributed by atoms with Gasteiger partial charge in [-0.1, -0.05) is 36.0 Å². The molecule has 0 unspecified atom stereocenters. The Balaban J connectivity index is 2.10. The summed E-state index contributed by atoms with van der Waals surface area (Å²) >= 11 is 15.6. The predicted octanol–water partition coefficient (Wildman–Crippen LogP) is 5.45. The topological polar surface area (TPSA) is 51.8 Å². The summed E-state index contributed by atoms with van der Waals surface area (Å²) in [7, 11) is 0. The van der Waals surface area contributed by atoms with Crippen LogP contribution in [0.3, 0.4) is 0 Å². The molecule has 1 aliphatic carbocycles. The molecule has 21 heavy (non-hydrogen) atoms. The van der Waals surface area contributed by atoms with Crippen molar-refractivity contribution >= 4 is 44.9 Å². The lowest BCUT2D eigenvalue weighted by Gasteiger charge is -2.14. The van der Waals surface area contributed by atoms with E-state index in [0.717, 1.165) is 28.6 Å². The van der Waals surface area contributed by atoms with Gasteiger partial charge in [0.05, 0.1) is 10.2 Å². The number of rotatable bonds is 2. The largest absolute Gasteiger partial charge is 0.383 e. The van der Waals surface area contributed by atoms with Crippen LogP contribution < -0.4 is 5.73 Å². The van der Waals surface area contributed by atoms with Crippen molar-refractivity contribution in [2.45, 2.75) is 31.6 Å². The molecule has 0 aliphatic heterocycles. The number of benzene rings is 1. The minimum atomic E-state index is 0.443. The molecule has 6 heteroatoms. The van der Waals surface area contributed by atoms with Crippen LogP contribution in [0.25, 0.3) is 11.4 Å². The van der Waals surface area contributed by atoms with Gasteiger partial charge in [0.25, 0.3) is 0 Å². The maximum absolute atomic E-state index is 6.06. The second-order valence-electron chi connectivity index (χ2n) is 5.27. The van der Waals surface area contributed by atoms with Crippen LogP contribution in [0.5, 0.6) is 0 Å². The summed E-state index contributed by atoms with van der Waals surface area (Å²) in [6, 6.07) is 5.29. The Bertz CT molecular complexity index is 665. The minimum absolute atomic E-state index is 0.443. The molecule has 0 spiro atoms. The molecular formula is C15H14BrCl2N3. The molecule has 2 aromatic rings. The van der Waals surface area contributed by atoms with Gasteiger partial charge < -0.3 is 5.73 Å². The third kappa shape index (κ3) is 3.17. The van der Waals surface area contributed by atoms with E-state index in [2.05, 4.69) is 20.9 Å². The Labute approximate surface area is 142 Å². The van der Waals surface area contributed by atoms with E-state index in [1.165, 1.54) is 12.8 Å². The first-order valence-electron chi connectivity index (χ1n) is 6.84. The molecule has 0 amide bonds. The molecule has 3 rings (SSSR count). The summed E-state index contributed by atoms with van der Waals surface area (Å²) in [4.78, 5) is 9.07. The summed E-state index contributed by atoms with van der Waals surface area (Å²) in [5.74, 6) is 1.47. The highest BCUT2D eigenvalue weighted by Gasteiger charge is 2.23. The lowest BCUT2D eigenvalue weighted by Crippen LogP contribution is -2.06. The average Bonchev–Trinajstić information content (AvgIpc) is 2.94. The summed E-state index contributed by atoms with van der Waals surface area (Å²) in [5.41, 5.74) is 7.81. The fraction of sp³-hybridized carbons (Fsp3) is 0.333. The number of aromatic nitrogens is 2. The molecule has 2 N–H and O–H groups in total. The number of anilines is 1. The van der Waals surface area contributed by atoms with Crippen molar-refractivity contribution in [3.05, 3.63) is 38.4 Å². The van der Waals surface area contributed by atoms with Gasteiger partial charge in [-0.15, -0.1) is 0 Å².